The van der Waals surface area contributed by atoms with E-state index in [1.165, 1.54) is 16.4 Å². The van der Waals surface area contributed by atoms with Crippen LogP contribution in [-0.4, -0.2) is 32.6 Å². The van der Waals surface area contributed by atoms with Crippen LogP contribution in [-0.2, 0) is 22.5 Å². The summed E-state index contributed by atoms with van der Waals surface area (Å²) in [5.41, 5.74) is 0.306. The summed E-state index contributed by atoms with van der Waals surface area (Å²) >= 11 is 0. The van der Waals surface area contributed by atoms with Crippen molar-refractivity contribution < 1.29 is 14.1 Å². The average molecular weight is 292 g/mol. The van der Waals surface area contributed by atoms with E-state index in [9.17, 15) is 9.59 Å². The number of rotatable bonds is 3. The Balaban J connectivity index is 1.96. The highest BCUT2D eigenvalue weighted by atomic mass is 16.5. The summed E-state index contributed by atoms with van der Waals surface area (Å²) in [4.78, 5) is 24.3. The van der Waals surface area contributed by atoms with E-state index in [1.807, 2.05) is 0 Å². The highest BCUT2D eigenvalue weighted by molar-refractivity contribution is 5.74. The predicted octanol–water partition coefficient (Wildman–Crippen LogP) is 0.440. The Bertz CT molecular complexity index is 727. The second kappa shape index (κ2) is 5.19. The van der Waals surface area contributed by atoms with E-state index in [1.54, 1.807) is 13.0 Å². The molecule has 3 rings (SSSR count). The van der Waals surface area contributed by atoms with E-state index in [0.29, 0.717) is 30.1 Å². The van der Waals surface area contributed by atoms with E-state index in [2.05, 4.69) is 10.3 Å². The number of fused-ring (bicyclic) bond motifs is 1. The Morgan fingerprint density at radius 1 is 1.57 bits per heavy atom. The molecular weight excluding hydrogens is 276 g/mol. The molecule has 2 aromatic rings. The quantitative estimate of drug-likeness (QED) is 0.762. The van der Waals surface area contributed by atoms with Crippen LogP contribution in [0, 0.1) is 6.92 Å². The average Bonchev–Trinajstić information content (AvgIpc) is 3.03. The van der Waals surface area contributed by atoms with Crippen LogP contribution < -0.4 is 5.69 Å². The lowest BCUT2D eigenvalue weighted by atomic mass is 10.1. The highest BCUT2D eigenvalue weighted by Gasteiger charge is 2.31. The van der Waals surface area contributed by atoms with Crippen LogP contribution in [0.15, 0.2) is 15.4 Å². The molecule has 112 valence electrons. The third-order valence-electron chi connectivity index (χ3n) is 3.59. The standard InChI is InChI=1S/C13H16N4O4/c1-8-6-9(15-21-8)7-16-13(19)17-10(12(18)20-2)4-3-5-11(17)14-16/h6,10H,3-5,7H2,1-2H3. The molecule has 1 unspecified atom stereocenters. The van der Waals surface area contributed by atoms with Gasteiger partial charge in [0.25, 0.3) is 0 Å². The molecule has 21 heavy (non-hydrogen) atoms. The third-order valence-corrected chi connectivity index (χ3v) is 3.59. The summed E-state index contributed by atoms with van der Waals surface area (Å²) in [7, 11) is 1.32. The van der Waals surface area contributed by atoms with E-state index >= 15 is 0 Å². The largest absolute Gasteiger partial charge is 0.467 e. The van der Waals surface area contributed by atoms with Crippen molar-refractivity contribution in [3.05, 3.63) is 33.8 Å². The van der Waals surface area contributed by atoms with Crippen LogP contribution in [0.25, 0.3) is 0 Å². The number of esters is 1. The molecule has 0 aliphatic carbocycles. The first kappa shape index (κ1) is 13.6. The van der Waals surface area contributed by atoms with Gasteiger partial charge in [0.15, 0.2) is 0 Å². The van der Waals surface area contributed by atoms with Crippen LogP contribution in [0.3, 0.4) is 0 Å². The molecule has 1 aliphatic heterocycles. The molecule has 0 bridgehead atoms. The van der Waals surface area contributed by atoms with Crippen LogP contribution in [0.2, 0.25) is 0 Å². The van der Waals surface area contributed by atoms with Crippen molar-refractivity contribution in [2.75, 3.05) is 7.11 Å². The highest BCUT2D eigenvalue weighted by Crippen LogP contribution is 2.22. The molecule has 0 saturated heterocycles. The molecule has 0 saturated carbocycles. The van der Waals surface area contributed by atoms with Gasteiger partial charge < -0.3 is 9.26 Å². The number of ether oxygens (including phenoxy) is 1. The number of carbonyl (C=O) groups excluding carboxylic acids is 1. The predicted molar refractivity (Wildman–Crippen MR) is 70.8 cm³/mol. The maximum absolute atomic E-state index is 12.5. The molecule has 8 heteroatoms. The first-order valence-corrected chi connectivity index (χ1v) is 6.78. The smallest absolute Gasteiger partial charge is 0.347 e. The Labute approximate surface area is 120 Å². The van der Waals surface area contributed by atoms with Crippen molar-refractivity contribution in [1.29, 1.82) is 0 Å². The number of methoxy groups -OCH3 is 1. The molecular formula is C13H16N4O4. The van der Waals surface area contributed by atoms with Gasteiger partial charge in [0.1, 0.15) is 23.3 Å². The second-order valence-electron chi connectivity index (χ2n) is 5.09. The van der Waals surface area contributed by atoms with Crippen LogP contribution in [0.4, 0.5) is 0 Å². The van der Waals surface area contributed by atoms with Gasteiger partial charge in [-0.15, -0.1) is 0 Å². The Morgan fingerprint density at radius 3 is 3.05 bits per heavy atom. The molecule has 2 aromatic heterocycles. The number of aromatic nitrogens is 4. The topological polar surface area (TPSA) is 92.2 Å². The number of hydrogen-bond acceptors (Lipinski definition) is 6. The maximum Gasteiger partial charge on any atom is 0.347 e. The fourth-order valence-corrected chi connectivity index (χ4v) is 2.64. The van der Waals surface area contributed by atoms with Gasteiger partial charge in [-0.05, 0) is 19.8 Å². The van der Waals surface area contributed by atoms with Crippen molar-refractivity contribution in [3.8, 4) is 0 Å². The zero-order chi connectivity index (χ0) is 15.0. The van der Waals surface area contributed by atoms with Crippen molar-refractivity contribution in [1.82, 2.24) is 19.5 Å². The summed E-state index contributed by atoms with van der Waals surface area (Å²) in [6.45, 7) is 2.01. The van der Waals surface area contributed by atoms with Crippen LogP contribution in [0.1, 0.15) is 36.2 Å². The van der Waals surface area contributed by atoms with Gasteiger partial charge in [-0.2, -0.15) is 5.10 Å². The zero-order valence-electron chi connectivity index (χ0n) is 11.9. The molecule has 0 radical (unpaired) electrons. The summed E-state index contributed by atoms with van der Waals surface area (Å²) in [6.07, 6.45) is 2.07. The summed E-state index contributed by atoms with van der Waals surface area (Å²) in [5.74, 6) is 0.881. The maximum atomic E-state index is 12.5. The zero-order valence-corrected chi connectivity index (χ0v) is 11.9. The summed E-state index contributed by atoms with van der Waals surface area (Å²) < 4.78 is 12.5. The van der Waals surface area contributed by atoms with E-state index in [4.69, 9.17) is 9.26 Å². The Morgan fingerprint density at radius 2 is 2.38 bits per heavy atom. The van der Waals surface area contributed by atoms with Gasteiger partial charge in [0.05, 0.1) is 13.7 Å². The lowest BCUT2D eigenvalue weighted by Gasteiger charge is -2.20. The summed E-state index contributed by atoms with van der Waals surface area (Å²) in [5, 5.41) is 8.15. The van der Waals surface area contributed by atoms with Crippen LogP contribution >= 0.6 is 0 Å². The number of hydrogen-bond donors (Lipinski definition) is 0. The molecule has 1 atom stereocenters. The SMILES string of the molecule is COC(=O)C1CCCc2nn(Cc3cc(C)on3)c(=O)n21. The minimum Gasteiger partial charge on any atom is -0.467 e. The van der Waals surface area contributed by atoms with E-state index < -0.39 is 12.0 Å². The molecule has 3 heterocycles. The molecule has 1 aliphatic rings. The Hall–Kier alpha value is -2.38. The molecule has 0 N–H and O–H groups in total. The first-order valence-electron chi connectivity index (χ1n) is 6.78. The van der Waals surface area contributed by atoms with Gasteiger partial charge in [-0.1, -0.05) is 5.16 Å². The van der Waals surface area contributed by atoms with E-state index in [0.717, 1.165) is 6.42 Å². The van der Waals surface area contributed by atoms with Crippen molar-refractivity contribution >= 4 is 5.97 Å². The van der Waals surface area contributed by atoms with Crippen molar-refractivity contribution in [3.63, 3.8) is 0 Å². The minimum atomic E-state index is -0.584. The normalized spacial score (nSPS) is 17.5. The van der Waals surface area contributed by atoms with E-state index in [-0.39, 0.29) is 12.2 Å². The molecule has 0 fully saturated rings. The van der Waals surface area contributed by atoms with Crippen molar-refractivity contribution in [2.24, 2.45) is 0 Å². The van der Waals surface area contributed by atoms with Gasteiger partial charge in [-0.25, -0.2) is 14.3 Å². The minimum absolute atomic E-state index is 0.226. The fraction of sp³-hybridized carbons (Fsp3) is 0.538. The number of aryl methyl sites for hydroxylation is 2. The van der Waals surface area contributed by atoms with Crippen molar-refractivity contribution in [2.45, 2.75) is 38.8 Å². The molecule has 0 aromatic carbocycles. The molecule has 0 spiro atoms. The number of nitrogens with zero attached hydrogens (tertiary/aromatic N) is 4. The lowest BCUT2D eigenvalue weighted by molar-refractivity contribution is -0.145. The Kier molecular flexibility index (Phi) is 3.36. The monoisotopic (exact) mass is 292 g/mol. The van der Waals surface area contributed by atoms with Gasteiger partial charge in [0.2, 0.25) is 0 Å². The summed E-state index contributed by atoms with van der Waals surface area (Å²) in [6, 6.07) is 1.17. The van der Waals surface area contributed by atoms with Gasteiger partial charge in [0, 0.05) is 12.5 Å². The fourth-order valence-electron chi connectivity index (χ4n) is 2.64. The molecule has 0 amide bonds. The second-order valence-corrected chi connectivity index (χ2v) is 5.09. The first-order chi connectivity index (χ1) is 10.1. The van der Waals surface area contributed by atoms with Crippen LogP contribution in [0.5, 0.6) is 0 Å². The van der Waals surface area contributed by atoms with Gasteiger partial charge in [-0.3, -0.25) is 4.57 Å². The lowest BCUT2D eigenvalue weighted by Crippen LogP contribution is -2.35. The van der Waals surface area contributed by atoms with Gasteiger partial charge >= 0.3 is 11.7 Å². The number of carbonyl (C=O) groups is 1. The molecule has 8 nitrogen and oxygen atoms in total. The third kappa shape index (κ3) is 2.37.